The summed E-state index contributed by atoms with van der Waals surface area (Å²) in [6.07, 6.45) is 1.64. The molecule has 2 heterocycles. The molecule has 1 unspecified atom stereocenters. The average molecular weight is 376 g/mol. The van der Waals surface area contributed by atoms with Crippen LogP contribution in [-0.4, -0.2) is 46.7 Å². The van der Waals surface area contributed by atoms with Crippen molar-refractivity contribution in [2.24, 2.45) is 15.9 Å². The van der Waals surface area contributed by atoms with Gasteiger partial charge in [0.25, 0.3) is 0 Å². The first-order valence-electron chi connectivity index (χ1n) is 8.16. The van der Waals surface area contributed by atoms with Crippen LogP contribution in [-0.2, 0) is 16.0 Å². The van der Waals surface area contributed by atoms with Crippen molar-refractivity contribution < 1.29 is 19.1 Å². The minimum atomic E-state index is -0.514. The number of aryl methyl sites for hydroxylation is 1. The smallest absolute Gasteiger partial charge is 0.243 e. The topological polar surface area (TPSA) is 107 Å². The molecular weight excluding hydrogens is 356 g/mol. The quantitative estimate of drug-likeness (QED) is 0.361. The number of rotatable bonds is 5. The number of hydrogen-bond acceptors (Lipinski definition) is 7. The molecule has 3 rings (SSSR count). The van der Waals surface area contributed by atoms with Crippen LogP contribution in [0.1, 0.15) is 25.3 Å². The zero-order valence-electron chi connectivity index (χ0n) is 14.6. The number of thioether (sulfide) groups is 1. The predicted molar refractivity (Wildman–Crippen MR) is 99.4 cm³/mol. The van der Waals surface area contributed by atoms with E-state index in [9.17, 15) is 9.59 Å². The van der Waals surface area contributed by atoms with E-state index in [-0.39, 0.29) is 30.2 Å². The number of likely N-dealkylation sites (tertiary alicyclic amines) is 1. The van der Waals surface area contributed by atoms with Crippen LogP contribution in [0.15, 0.2) is 28.4 Å². The largest absolute Gasteiger partial charge is 0.454 e. The Morgan fingerprint density at radius 1 is 1.31 bits per heavy atom. The fourth-order valence-corrected chi connectivity index (χ4v) is 3.45. The third-order valence-corrected chi connectivity index (χ3v) is 5.11. The van der Waals surface area contributed by atoms with Gasteiger partial charge in [0.1, 0.15) is 5.25 Å². The fourth-order valence-electron chi connectivity index (χ4n) is 2.59. The fraction of sp³-hybridized carbons (Fsp3) is 0.412. The minimum absolute atomic E-state index is 0.142. The zero-order valence-corrected chi connectivity index (χ0v) is 15.4. The van der Waals surface area contributed by atoms with Crippen molar-refractivity contribution in [3.63, 3.8) is 0 Å². The molecule has 1 aromatic rings. The van der Waals surface area contributed by atoms with Gasteiger partial charge < -0.3 is 15.2 Å². The lowest BCUT2D eigenvalue weighted by Crippen LogP contribution is -2.27. The van der Waals surface area contributed by atoms with Gasteiger partial charge in [0, 0.05) is 19.2 Å². The highest BCUT2D eigenvalue weighted by Gasteiger charge is 2.37. The van der Waals surface area contributed by atoms with E-state index in [1.54, 1.807) is 0 Å². The van der Waals surface area contributed by atoms with Crippen LogP contribution in [0.2, 0.25) is 0 Å². The second-order valence-corrected chi connectivity index (χ2v) is 7.29. The summed E-state index contributed by atoms with van der Waals surface area (Å²) in [5.74, 6) is 1.07. The van der Waals surface area contributed by atoms with Crippen molar-refractivity contribution in [3.05, 3.63) is 23.8 Å². The first-order chi connectivity index (χ1) is 12.4. The van der Waals surface area contributed by atoms with Gasteiger partial charge in [0.15, 0.2) is 16.7 Å². The Morgan fingerprint density at radius 3 is 2.81 bits per heavy atom. The molecule has 1 aromatic carbocycles. The SMILES string of the molecule is CC(CCc1ccc2c(c1)OCO2)=NN=C(N)SC1CC(=O)N(C)C1=O. The average Bonchev–Trinajstić information content (AvgIpc) is 3.18. The molecule has 1 saturated heterocycles. The number of amides is 2. The van der Waals surface area contributed by atoms with Gasteiger partial charge in [-0.15, -0.1) is 5.10 Å². The Hall–Kier alpha value is -2.55. The molecule has 0 bridgehead atoms. The molecule has 1 atom stereocenters. The molecule has 2 amide bonds. The Balaban J connectivity index is 1.52. The van der Waals surface area contributed by atoms with Crippen LogP contribution in [0.3, 0.4) is 0 Å². The van der Waals surface area contributed by atoms with Crippen molar-refractivity contribution in [3.8, 4) is 11.5 Å². The molecule has 1 fully saturated rings. The number of nitrogens with zero attached hydrogens (tertiary/aromatic N) is 3. The molecule has 138 valence electrons. The Labute approximate surface area is 155 Å². The lowest BCUT2D eigenvalue weighted by molar-refractivity contribution is -0.136. The maximum absolute atomic E-state index is 11.8. The molecule has 26 heavy (non-hydrogen) atoms. The number of ether oxygens (including phenoxy) is 2. The molecule has 0 spiro atoms. The number of hydrogen-bond donors (Lipinski definition) is 1. The van der Waals surface area contributed by atoms with Gasteiger partial charge in [0.2, 0.25) is 18.6 Å². The van der Waals surface area contributed by atoms with Gasteiger partial charge in [0.05, 0.1) is 0 Å². The summed E-state index contributed by atoms with van der Waals surface area (Å²) in [4.78, 5) is 24.5. The first-order valence-corrected chi connectivity index (χ1v) is 9.04. The van der Waals surface area contributed by atoms with E-state index in [4.69, 9.17) is 15.2 Å². The Bertz CT molecular complexity index is 793. The first kappa shape index (κ1) is 18.2. The third kappa shape index (κ3) is 4.16. The number of carbonyl (C=O) groups excluding carboxylic acids is 2. The lowest BCUT2D eigenvalue weighted by Gasteiger charge is -2.07. The van der Waals surface area contributed by atoms with E-state index in [1.807, 2.05) is 25.1 Å². The van der Waals surface area contributed by atoms with Crippen LogP contribution in [0.5, 0.6) is 11.5 Å². The van der Waals surface area contributed by atoms with Gasteiger partial charge in [-0.25, -0.2) is 0 Å². The summed E-state index contributed by atoms with van der Waals surface area (Å²) < 4.78 is 10.7. The molecule has 0 radical (unpaired) electrons. The minimum Gasteiger partial charge on any atom is -0.454 e. The third-order valence-electron chi connectivity index (χ3n) is 4.13. The summed E-state index contributed by atoms with van der Waals surface area (Å²) in [6.45, 7) is 2.13. The van der Waals surface area contributed by atoms with Gasteiger partial charge in [-0.3, -0.25) is 14.5 Å². The summed E-state index contributed by atoms with van der Waals surface area (Å²) in [5, 5.41) is 7.73. The predicted octanol–water partition coefficient (Wildman–Crippen LogP) is 1.53. The molecule has 0 saturated carbocycles. The van der Waals surface area contributed by atoms with E-state index in [2.05, 4.69) is 10.2 Å². The van der Waals surface area contributed by atoms with Gasteiger partial charge >= 0.3 is 0 Å². The number of nitrogens with two attached hydrogens (primary N) is 1. The maximum Gasteiger partial charge on any atom is 0.243 e. The number of carbonyl (C=O) groups is 2. The van der Waals surface area contributed by atoms with Crippen LogP contribution in [0.25, 0.3) is 0 Å². The highest BCUT2D eigenvalue weighted by molar-refractivity contribution is 8.14. The molecule has 2 aliphatic rings. The van der Waals surface area contributed by atoms with Crippen LogP contribution in [0.4, 0.5) is 0 Å². The number of amidine groups is 1. The Morgan fingerprint density at radius 2 is 2.08 bits per heavy atom. The van der Waals surface area contributed by atoms with Gasteiger partial charge in [-0.1, -0.05) is 17.8 Å². The van der Waals surface area contributed by atoms with Crippen molar-refractivity contribution in [1.82, 2.24) is 4.90 Å². The molecule has 2 aliphatic heterocycles. The number of imide groups is 1. The summed E-state index contributed by atoms with van der Waals surface area (Å²) in [7, 11) is 1.47. The molecule has 9 heteroatoms. The Kier molecular flexibility index (Phi) is 5.46. The van der Waals surface area contributed by atoms with Crippen molar-refractivity contribution in [2.75, 3.05) is 13.8 Å². The van der Waals surface area contributed by atoms with Gasteiger partial charge in [-0.2, -0.15) is 5.10 Å². The highest BCUT2D eigenvalue weighted by atomic mass is 32.2. The van der Waals surface area contributed by atoms with Crippen LogP contribution in [0, 0.1) is 0 Å². The molecule has 2 N–H and O–H groups in total. The highest BCUT2D eigenvalue weighted by Crippen LogP contribution is 2.32. The zero-order chi connectivity index (χ0) is 18.7. The van der Waals surface area contributed by atoms with E-state index in [0.29, 0.717) is 6.42 Å². The summed E-state index contributed by atoms with van der Waals surface area (Å²) in [5.41, 5.74) is 7.75. The molecular formula is C17H20N4O4S. The van der Waals surface area contributed by atoms with E-state index in [0.717, 1.165) is 45.9 Å². The van der Waals surface area contributed by atoms with Crippen molar-refractivity contribution in [1.29, 1.82) is 0 Å². The second-order valence-electron chi connectivity index (χ2n) is 6.06. The van der Waals surface area contributed by atoms with Crippen LogP contribution < -0.4 is 15.2 Å². The molecule has 0 aromatic heterocycles. The number of benzene rings is 1. The van der Waals surface area contributed by atoms with Gasteiger partial charge in [-0.05, 0) is 37.5 Å². The van der Waals surface area contributed by atoms with Crippen molar-refractivity contribution >= 4 is 34.5 Å². The van der Waals surface area contributed by atoms with Crippen LogP contribution >= 0.6 is 11.8 Å². The molecule has 8 nitrogen and oxygen atoms in total. The van der Waals surface area contributed by atoms with E-state index in [1.165, 1.54) is 7.05 Å². The monoisotopic (exact) mass is 376 g/mol. The summed E-state index contributed by atoms with van der Waals surface area (Å²) in [6, 6.07) is 5.85. The van der Waals surface area contributed by atoms with E-state index >= 15 is 0 Å². The van der Waals surface area contributed by atoms with E-state index < -0.39 is 5.25 Å². The normalized spacial score (nSPS) is 20.2. The van der Waals surface area contributed by atoms with Crippen molar-refractivity contribution in [2.45, 2.75) is 31.4 Å². The maximum atomic E-state index is 11.8. The standard InChI is InChI=1S/C17H20N4O4S/c1-10(3-4-11-5-6-12-13(7-11)25-9-24-12)19-20-17(18)26-14-8-15(22)21(2)16(14)23/h5-7,14H,3-4,8-9H2,1-2H3,(H2,18,20). The molecule has 0 aliphatic carbocycles. The second kappa shape index (κ2) is 7.77. The number of fused-ring (bicyclic) bond motifs is 1. The summed E-state index contributed by atoms with van der Waals surface area (Å²) >= 11 is 1.07. The lowest BCUT2D eigenvalue weighted by atomic mass is 10.1.